The summed E-state index contributed by atoms with van der Waals surface area (Å²) in [4.78, 5) is 29.5. The van der Waals surface area contributed by atoms with E-state index >= 15 is 0 Å². The molecule has 25 heavy (non-hydrogen) atoms. The summed E-state index contributed by atoms with van der Waals surface area (Å²) in [5, 5.41) is 3.89. The Morgan fingerprint density at radius 2 is 1.88 bits per heavy atom. The van der Waals surface area contributed by atoms with E-state index in [0.29, 0.717) is 27.3 Å². The molecule has 0 bridgehead atoms. The number of rotatable bonds is 3. The molecule has 0 aliphatic rings. The molecule has 1 aromatic heterocycles. The highest BCUT2D eigenvalue weighted by Gasteiger charge is 2.17. The molecule has 3 aromatic rings. The second-order valence-corrected chi connectivity index (χ2v) is 6.49. The lowest BCUT2D eigenvalue weighted by Gasteiger charge is -2.17. The zero-order valence-electron chi connectivity index (χ0n) is 14.2. The summed E-state index contributed by atoms with van der Waals surface area (Å²) < 4.78 is 1.45. The Morgan fingerprint density at radius 1 is 1.20 bits per heavy atom. The number of aryl methyl sites for hydroxylation is 1. The molecule has 0 aliphatic carbocycles. The molecule has 0 saturated carbocycles. The van der Waals surface area contributed by atoms with E-state index in [1.807, 2.05) is 19.1 Å². The van der Waals surface area contributed by atoms with Crippen LogP contribution < -0.4 is 10.9 Å². The standard InChI is InChI=1S/C19H18ClN3O2/c1-11-4-6-13(7-5-11)18(24)21-12(2)17-22-16-10-14(20)8-9-15(16)19(25)23(17)3/h4-10,12H,1-3H3,(H,21,24)/t12-/m0/s1. The summed E-state index contributed by atoms with van der Waals surface area (Å²) in [7, 11) is 1.65. The molecule has 0 spiro atoms. The largest absolute Gasteiger partial charge is 0.342 e. The first kappa shape index (κ1) is 17.2. The van der Waals surface area contributed by atoms with Gasteiger partial charge in [-0.05, 0) is 44.2 Å². The average molecular weight is 356 g/mol. The lowest BCUT2D eigenvalue weighted by atomic mass is 10.1. The summed E-state index contributed by atoms with van der Waals surface area (Å²) in [5.41, 5.74) is 1.99. The smallest absolute Gasteiger partial charge is 0.261 e. The summed E-state index contributed by atoms with van der Waals surface area (Å²) in [5.74, 6) is 0.258. The Balaban J connectivity index is 1.95. The van der Waals surface area contributed by atoms with Gasteiger partial charge in [0.05, 0.1) is 16.9 Å². The van der Waals surface area contributed by atoms with Gasteiger partial charge in [-0.25, -0.2) is 4.98 Å². The maximum Gasteiger partial charge on any atom is 0.261 e. The van der Waals surface area contributed by atoms with Gasteiger partial charge in [0.15, 0.2) is 0 Å². The van der Waals surface area contributed by atoms with Crippen LogP contribution >= 0.6 is 11.6 Å². The number of fused-ring (bicyclic) bond motifs is 1. The van der Waals surface area contributed by atoms with Crippen LogP contribution in [-0.2, 0) is 7.05 Å². The minimum absolute atomic E-state index is 0.173. The monoisotopic (exact) mass is 355 g/mol. The zero-order valence-corrected chi connectivity index (χ0v) is 15.0. The van der Waals surface area contributed by atoms with Crippen molar-refractivity contribution in [2.75, 3.05) is 0 Å². The van der Waals surface area contributed by atoms with Gasteiger partial charge in [0.1, 0.15) is 5.82 Å². The lowest BCUT2D eigenvalue weighted by Crippen LogP contribution is -2.32. The Labute approximate surface area is 150 Å². The molecule has 1 heterocycles. The molecule has 5 nitrogen and oxygen atoms in total. The maximum absolute atomic E-state index is 12.5. The Kier molecular flexibility index (Phi) is 4.59. The Morgan fingerprint density at radius 3 is 2.56 bits per heavy atom. The van der Waals surface area contributed by atoms with Crippen molar-refractivity contribution in [3.8, 4) is 0 Å². The van der Waals surface area contributed by atoms with Crippen LogP contribution in [0.2, 0.25) is 5.02 Å². The number of hydrogen-bond acceptors (Lipinski definition) is 3. The molecule has 0 saturated heterocycles. The summed E-state index contributed by atoms with van der Waals surface area (Å²) in [6.45, 7) is 3.76. The van der Waals surface area contributed by atoms with E-state index in [2.05, 4.69) is 10.3 Å². The van der Waals surface area contributed by atoms with Crippen molar-refractivity contribution in [2.24, 2.45) is 7.05 Å². The number of amides is 1. The van der Waals surface area contributed by atoms with Gasteiger partial charge in [-0.2, -0.15) is 0 Å². The van der Waals surface area contributed by atoms with E-state index < -0.39 is 6.04 Å². The van der Waals surface area contributed by atoms with E-state index in [-0.39, 0.29) is 11.5 Å². The van der Waals surface area contributed by atoms with E-state index in [1.54, 1.807) is 44.3 Å². The third-order valence-corrected chi connectivity index (χ3v) is 4.36. The van der Waals surface area contributed by atoms with Gasteiger partial charge in [-0.15, -0.1) is 0 Å². The third-order valence-electron chi connectivity index (χ3n) is 4.12. The van der Waals surface area contributed by atoms with Crippen LogP contribution in [0.4, 0.5) is 0 Å². The highest BCUT2D eigenvalue weighted by atomic mass is 35.5. The van der Waals surface area contributed by atoms with E-state index in [9.17, 15) is 9.59 Å². The second kappa shape index (κ2) is 6.69. The number of nitrogens with one attached hydrogen (secondary N) is 1. The molecule has 2 aromatic carbocycles. The number of aromatic nitrogens is 2. The van der Waals surface area contributed by atoms with Crippen LogP contribution in [-0.4, -0.2) is 15.5 Å². The van der Waals surface area contributed by atoms with Gasteiger partial charge in [-0.3, -0.25) is 14.2 Å². The summed E-state index contributed by atoms with van der Waals surface area (Å²) in [6, 6.07) is 11.8. The number of hydrogen-bond donors (Lipinski definition) is 1. The minimum atomic E-state index is -0.435. The SMILES string of the molecule is Cc1ccc(C(=O)N[C@@H](C)c2nc3cc(Cl)ccc3c(=O)n2C)cc1. The van der Waals surface area contributed by atoms with Gasteiger partial charge in [0.25, 0.3) is 11.5 Å². The van der Waals surface area contributed by atoms with Crippen molar-refractivity contribution in [3.63, 3.8) is 0 Å². The van der Waals surface area contributed by atoms with Crippen molar-refractivity contribution in [1.29, 1.82) is 0 Å². The van der Waals surface area contributed by atoms with Crippen molar-refractivity contribution in [2.45, 2.75) is 19.9 Å². The molecule has 1 N–H and O–H groups in total. The molecule has 3 rings (SSSR count). The predicted octanol–water partition coefficient (Wildman–Crippen LogP) is 3.39. The normalized spacial score (nSPS) is 12.2. The maximum atomic E-state index is 12.5. The van der Waals surface area contributed by atoms with Crippen molar-refractivity contribution >= 4 is 28.4 Å². The third kappa shape index (κ3) is 3.42. The van der Waals surface area contributed by atoms with E-state index in [0.717, 1.165) is 5.56 Å². The predicted molar refractivity (Wildman–Crippen MR) is 99.1 cm³/mol. The molecule has 0 fully saturated rings. The molecule has 1 amide bonds. The zero-order chi connectivity index (χ0) is 18.1. The lowest BCUT2D eigenvalue weighted by molar-refractivity contribution is 0.0937. The van der Waals surface area contributed by atoms with Gasteiger partial charge in [0, 0.05) is 17.6 Å². The summed E-state index contributed by atoms with van der Waals surface area (Å²) >= 11 is 6.00. The van der Waals surface area contributed by atoms with E-state index in [4.69, 9.17) is 11.6 Å². The number of nitrogens with zero attached hydrogens (tertiary/aromatic N) is 2. The fourth-order valence-corrected chi connectivity index (χ4v) is 2.86. The molecule has 1 atom stereocenters. The Hall–Kier alpha value is -2.66. The first-order valence-electron chi connectivity index (χ1n) is 7.90. The van der Waals surface area contributed by atoms with Crippen molar-refractivity contribution in [1.82, 2.24) is 14.9 Å². The van der Waals surface area contributed by atoms with Gasteiger partial charge in [0.2, 0.25) is 0 Å². The fraction of sp³-hybridized carbons (Fsp3) is 0.211. The van der Waals surface area contributed by atoms with E-state index in [1.165, 1.54) is 4.57 Å². The highest BCUT2D eigenvalue weighted by Crippen LogP contribution is 2.18. The number of benzene rings is 2. The van der Waals surface area contributed by atoms with Crippen LogP contribution in [0, 0.1) is 6.92 Å². The summed E-state index contributed by atoms with van der Waals surface area (Å²) in [6.07, 6.45) is 0. The second-order valence-electron chi connectivity index (χ2n) is 6.06. The molecule has 6 heteroatoms. The van der Waals surface area contributed by atoms with Crippen molar-refractivity contribution < 1.29 is 4.79 Å². The van der Waals surface area contributed by atoms with Gasteiger partial charge < -0.3 is 5.32 Å². The highest BCUT2D eigenvalue weighted by molar-refractivity contribution is 6.31. The topological polar surface area (TPSA) is 64.0 Å². The number of carbonyl (C=O) groups excluding carboxylic acids is 1. The van der Waals surface area contributed by atoms with Crippen LogP contribution in [0.15, 0.2) is 47.3 Å². The molecule has 128 valence electrons. The quantitative estimate of drug-likeness (QED) is 0.783. The molecule has 0 unspecified atom stereocenters. The first-order chi connectivity index (χ1) is 11.9. The van der Waals surface area contributed by atoms with Crippen molar-refractivity contribution in [3.05, 3.63) is 74.8 Å². The molecule has 0 radical (unpaired) electrons. The van der Waals surface area contributed by atoms with Gasteiger partial charge >= 0.3 is 0 Å². The Bertz CT molecular complexity index is 1010. The fourth-order valence-electron chi connectivity index (χ4n) is 2.70. The van der Waals surface area contributed by atoms with Crippen LogP contribution in [0.1, 0.15) is 34.7 Å². The minimum Gasteiger partial charge on any atom is -0.342 e. The van der Waals surface area contributed by atoms with Crippen LogP contribution in [0.5, 0.6) is 0 Å². The first-order valence-corrected chi connectivity index (χ1v) is 8.28. The average Bonchev–Trinajstić information content (AvgIpc) is 2.58. The number of halogens is 1. The van der Waals surface area contributed by atoms with Crippen LogP contribution in [0.3, 0.4) is 0 Å². The number of carbonyl (C=O) groups is 1. The van der Waals surface area contributed by atoms with Crippen LogP contribution in [0.25, 0.3) is 10.9 Å². The molecular formula is C19H18ClN3O2. The molecule has 0 aliphatic heterocycles. The van der Waals surface area contributed by atoms with Gasteiger partial charge in [-0.1, -0.05) is 29.3 Å². The molecular weight excluding hydrogens is 338 g/mol.